The Labute approximate surface area is 138 Å². The first-order valence-corrected chi connectivity index (χ1v) is 7.59. The molecule has 0 saturated carbocycles. The lowest BCUT2D eigenvalue weighted by Crippen LogP contribution is -2.26. The van der Waals surface area contributed by atoms with Crippen molar-refractivity contribution in [3.05, 3.63) is 59.6 Å². The first-order valence-electron chi connectivity index (χ1n) is 7.21. The van der Waals surface area contributed by atoms with Gasteiger partial charge in [0.2, 0.25) is 0 Å². The van der Waals surface area contributed by atoms with Crippen molar-refractivity contribution in [3.8, 4) is 11.4 Å². The zero-order valence-corrected chi connectivity index (χ0v) is 13.1. The maximum atomic E-state index is 10.2. The molecule has 6 nitrogen and oxygen atoms in total. The Balaban J connectivity index is 1.61. The highest BCUT2D eigenvalue weighted by Gasteiger charge is 2.12. The normalized spacial score (nSPS) is 12.1. The van der Waals surface area contributed by atoms with Crippen molar-refractivity contribution in [2.75, 3.05) is 11.9 Å². The summed E-state index contributed by atoms with van der Waals surface area (Å²) in [7, 11) is 0. The van der Waals surface area contributed by atoms with Crippen LogP contribution in [0, 0.1) is 0 Å². The van der Waals surface area contributed by atoms with Gasteiger partial charge in [0.05, 0.1) is 12.6 Å². The van der Waals surface area contributed by atoms with E-state index in [2.05, 4.69) is 20.8 Å². The molecule has 0 amide bonds. The fourth-order valence-corrected chi connectivity index (χ4v) is 2.32. The molecule has 1 aromatic heterocycles. The van der Waals surface area contributed by atoms with Crippen molar-refractivity contribution in [2.24, 2.45) is 0 Å². The fourth-order valence-electron chi connectivity index (χ4n) is 2.19. The Morgan fingerprint density at radius 1 is 1.09 bits per heavy atom. The summed E-state index contributed by atoms with van der Waals surface area (Å²) in [5.41, 5.74) is 1.81. The number of anilines is 1. The summed E-state index contributed by atoms with van der Waals surface area (Å²) in [6.07, 6.45) is -0.628. The van der Waals surface area contributed by atoms with Crippen LogP contribution in [0.25, 0.3) is 11.4 Å². The highest BCUT2D eigenvalue weighted by molar-refractivity contribution is 6.30. The molecule has 0 fully saturated rings. The molecule has 0 spiro atoms. The first-order chi connectivity index (χ1) is 11.2. The molecule has 1 unspecified atom stereocenters. The van der Waals surface area contributed by atoms with E-state index in [9.17, 15) is 5.11 Å². The Morgan fingerprint density at radius 2 is 1.83 bits per heavy atom. The third kappa shape index (κ3) is 4.06. The van der Waals surface area contributed by atoms with Crippen molar-refractivity contribution in [3.63, 3.8) is 0 Å². The van der Waals surface area contributed by atoms with E-state index >= 15 is 0 Å². The molecular formula is C16H16ClN5O. The second-order valence-electron chi connectivity index (χ2n) is 5.09. The van der Waals surface area contributed by atoms with Crippen molar-refractivity contribution >= 4 is 17.3 Å². The number of tetrazole rings is 1. The molecule has 0 aliphatic carbocycles. The molecular weight excluding hydrogens is 314 g/mol. The Kier molecular flexibility index (Phi) is 4.85. The third-order valence-electron chi connectivity index (χ3n) is 3.33. The van der Waals surface area contributed by atoms with E-state index in [1.165, 1.54) is 0 Å². The van der Waals surface area contributed by atoms with E-state index in [1.54, 1.807) is 16.8 Å². The van der Waals surface area contributed by atoms with Crippen LogP contribution in [0.1, 0.15) is 0 Å². The summed E-state index contributed by atoms with van der Waals surface area (Å²) in [5.74, 6) is 0.635. The van der Waals surface area contributed by atoms with Gasteiger partial charge >= 0.3 is 0 Å². The molecule has 0 saturated heterocycles. The number of aromatic nitrogens is 4. The molecule has 118 valence electrons. The molecule has 1 heterocycles. The molecule has 7 heteroatoms. The van der Waals surface area contributed by atoms with Crippen LogP contribution in [0.4, 0.5) is 5.69 Å². The predicted molar refractivity (Wildman–Crippen MR) is 89.2 cm³/mol. The molecule has 0 bridgehead atoms. The lowest BCUT2D eigenvalue weighted by atomic mass is 10.2. The highest BCUT2D eigenvalue weighted by Crippen LogP contribution is 2.16. The molecule has 1 atom stereocenters. The van der Waals surface area contributed by atoms with E-state index in [-0.39, 0.29) is 0 Å². The standard InChI is InChI=1S/C16H16ClN5O/c17-13-6-8-14(9-7-13)18-10-15(23)11-22-16(19-20-21-22)12-4-2-1-3-5-12/h1-9,15,18,23H,10-11H2. The van der Waals surface area contributed by atoms with Crippen molar-refractivity contribution in [2.45, 2.75) is 12.6 Å². The number of halogens is 1. The van der Waals surface area contributed by atoms with Gasteiger partial charge in [-0.05, 0) is 34.7 Å². The van der Waals surface area contributed by atoms with Gasteiger partial charge in [0.25, 0.3) is 0 Å². The lowest BCUT2D eigenvalue weighted by molar-refractivity contribution is 0.161. The lowest BCUT2D eigenvalue weighted by Gasteiger charge is -2.13. The fraction of sp³-hybridized carbons (Fsp3) is 0.188. The molecule has 2 N–H and O–H groups in total. The molecule has 2 aromatic carbocycles. The number of nitrogens with zero attached hydrogens (tertiary/aromatic N) is 4. The van der Waals surface area contributed by atoms with Gasteiger partial charge < -0.3 is 10.4 Å². The largest absolute Gasteiger partial charge is 0.389 e. The molecule has 0 aliphatic rings. The van der Waals surface area contributed by atoms with Gasteiger partial charge in [-0.3, -0.25) is 0 Å². The minimum absolute atomic E-state index is 0.303. The summed E-state index contributed by atoms with van der Waals surface area (Å²) in [6.45, 7) is 0.688. The van der Waals surface area contributed by atoms with Gasteiger partial charge in [-0.1, -0.05) is 41.9 Å². The SMILES string of the molecule is OC(CNc1ccc(Cl)cc1)Cn1nnnc1-c1ccccc1. The monoisotopic (exact) mass is 329 g/mol. The highest BCUT2D eigenvalue weighted by atomic mass is 35.5. The average molecular weight is 330 g/mol. The minimum atomic E-state index is -0.628. The summed E-state index contributed by atoms with van der Waals surface area (Å²) >= 11 is 5.84. The van der Waals surface area contributed by atoms with E-state index in [0.29, 0.717) is 23.9 Å². The molecule has 0 aliphatic heterocycles. The number of hydrogen-bond donors (Lipinski definition) is 2. The van der Waals surface area contributed by atoms with Gasteiger partial charge in [0.1, 0.15) is 0 Å². The van der Waals surface area contributed by atoms with Crippen molar-refractivity contribution in [1.82, 2.24) is 20.2 Å². The van der Waals surface area contributed by atoms with Crippen LogP contribution >= 0.6 is 11.6 Å². The second kappa shape index (κ2) is 7.21. The van der Waals surface area contributed by atoms with Gasteiger partial charge in [-0.2, -0.15) is 0 Å². The summed E-state index contributed by atoms with van der Waals surface area (Å²) in [6, 6.07) is 17.0. The molecule has 3 rings (SSSR count). The van der Waals surface area contributed by atoms with Crippen molar-refractivity contribution in [1.29, 1.82) is 0 Å². The number of nitrogens with one attached hydrogen (secondary N) is 1. The van der Waals surface area contributed by atoms with Crippen LogP contribution in [0.5, 0.6) is 0 Å². The zero-order valence-electron chi connectivity index (χ0n) is 12.3. The Morgan fingerprint density at radius 3 is 2.57 bits per heavy atom. The maximum Gasteiger partial charge on any atom is 0.182 e. The van der Waals surface area contributed by atoms with Crippen LogP contribution in [-0.2, 0) is 6.54 Å². The molecule has 0 radical (unpaired) electrons. The number of hydrogen-bond acceptors (Lipinski definition) is 5. The van der Waals surface area contributed by atoms with Gasteiger partial charge in [0.15, 0.2) is 5.82 Å². The van der Waals surface area contributed by atoms with E-state index in [4.69, 9.17) is 11.6 Å². The smallest absolute Gasteiger partial charge is 0.182 e. The number of rotatable bonds is 6. The van der Waals surface area contributed by atoms with E-state index in [0.717, 1.165) is 11.3 Å². The summed E-state index contributed by atoms with van der Waals surface area (Å²) in [4.78, 5) is 0. The zero-order chi connectivity index (χ0) is 16.1. The van der Waals surface area contributed by atoms with Gasteiger partial charge in [-0.25, -0.2) is 4.68 Å². The number of aliphatic hydroxyl groups excluding tert-OH is 1. The summed E-state index contributed by atoms with van der Waals surface area (Å²) < 4.78 is 1.60. The average Bonchev–Trinajstić information content (AvgIpc) is 3.03. The van der Waals surface area contributed by atoms with Crippen LogP contribution in [0.15, 0.2) is 54.6 Å². The maximum absolute atomic E-state index is 10.2. The Bertz CT molecular complexity index is 745. The van der Waals surface area contributed by atoms with Crippen LogP contribution < -0.4 is 5.32 Å². The molecule has 3 aromatic rings. The van der Waals surface area contributed by atoms with Crippen LogP contribution in [-0.4, -0.2) is 38.0 Å². The summed E-state index contributed by atoms with van der Waals surface area (Å²) in [5, 5.41) is 25.7. The van der Waals surface area contributed by atoms with E-state index < -0.39 is 6.10 Å². The topological polar surface area (TPSA) is 75.9 Å². The number of benzene rings is 2. The minimum Gasteiger partial charge on any atom is -0.389 e. The van der Waals surface area contributed by atoms with E-state index in [1.807, 2.05) is 42.5 Å². The third-order valence-corrected chi connectivity index (χ3v) is 3.59. The molecule has 23 heavy (non-hydrogen) atoms. The van der Waals surface area contributed by atoms with Crippen molar-refractivity contribution < 1.29 is 5.11 Å². The Hall–Kier alpha value is -2.44. The van der Waals surface area contributed by atoms with Gasteiger partial charge in [-0.15, -0.1) is 5.10 Å². The first kappa shape index (κ1) is 15.5. The second-order valence-corrected chi connectivity index (χ2v) is 5.53. The van der Waals surface area contributed by atoms with Crippen LogP contribution in [0.2, 0.25) is 5.02 Å². The quantitative estimate of drug-likeness (QED) is 0.726. The number of aliphatic hydroxyl groups is 1. The predicted octanol–water partition coefficient (Wildman–Crippen LogP) is 2.47. The van der Waals surface area contributed by atoms with Crippen LogP contribution in [0.3, 0.4) is 0 Å². The van der Waals surface area contributed by atoms with Gasteiger partial charge in [0, 0.05) is 22.8 Å².